The molecule has 1 atom stereocenters. The molecule has 2 N–H and O–H groups in total. The highest BCUT2D eigenvalue weighted by Gasteiger charge is 2.28. The molecule has 23 heavy (non-hydrogen) atoms. The molecular formula is C16H23N3O3S. The van der Waals surface area contributed by atoms with E-state index in [4.69, 9.17) is 0 Å². The minimum Gasteiger partial charge on any atom is -0.335 e. The van der Waals surface area contributed by atoms with E-state index in [0.717, 1.165) is 12.0 Å². The third-order valence-electron chi connectivity index (χ3n) is 3.91. The molecule has 7 heteroatoms. The molecule has 0 saturated carbocycles. The Morgan fingerprint density at radius 2 is 2.22 bits per heavy atom. The second-order valence-corrected chi connectivity index (χ2v) is 7.52. The number of nitrogens with one attached hydrogen (secondary N) is 2. The van der Waals surface area contributed by atoms with Crippen LogP contribution in [0.25, 0.3) is 0 Å². The summed E-state index contributed by atoms with van der Waals surface area (Å²) in [6.45, 7) is 6.09. The van der Waals surface area contributed by atoms with Gasteiger partial charge in [-0.2, -0.15) is 0 Å². The molecule has 0 saturated heterocycles. The Morgan fingerprint density at radius 1 is 1.48 bits per heavy atom. The van der Waals surface area contributed by atoms with Crippen LogP contribution in [0.3, 0.4) is 0 Å². The summed E-state index contributed by atoms with van der Waals surface area (Å²) in [4.78, 5) is 12.1. The summed E-state index contributed by atoms with van der Waals surface area (Å²) in [5, 5.41) is 5.73. The van der Waals surface area contributed by atoms with Gasteiger partial charge in [0.25, 0.3) is 0 Å². The number of fused-ring (bicyclic) bond motifs is 1. The zero-order valence-electron chi connectivity index (χ0n) is 13.5. The highest BCUT2D eigenvalue weighted by molar-refractivity contribution is 7.92. The lowest BCUT2D eigenvalue weighted by Gasteiger charge is -2.18. The van der Waals surface area contributed by atoms with Gasteiger partial charge in [-0.25, -0.2) is 13.2 Å². The second kappa shape index (κ2) is 7.04. The lowest BCUT2D eigenvalue weighted by atomic mass is 10.1. The second-order valence-electron chi connectivity index (χ2n) is 5.62. The van der Waals surface area contributed by atoms with Gasteiger partial charge in [-0.15, -0.1) is 6.58 Å². The monoisotopic (exact) mass is 337 g/mol. The van der Waals surface area contributed by atoms with Crippen molar-refractivity contribution in [3.63, 3.8) is 0 Å². The number of rotatable bonds is 6. The molecule has 1 aromatic carbocycles. The maximum absolute atomic E-state index is 12.1. The molecule has 0 unspecified atom stereocenters. The SMILES string of the molecule is C=CC[C@H](CC)NC(=O)Nc1cccc2c1CCN2S(C)(=O)=O. The minimum atomic E-state index is -3.30. The lowest BCUT2D eigenvalue weighted by molar-refractivity contribution is 0.248. The molecule has 1 aliphatic heterocycles. The summed E-state index contributed by atoms with van der Waals surface area (Å²) in [6, 6.07) is 5.05. The fourth-order valence-electron chi connectivity index (χ4n) is 2.74. The number of carbonyl (C=O) groups excluding carboxylic acids is 1. The average molecular weight is 337 g/mol. The van der Waals surface area contributed by atoms with Crippen LogP contribution in [-0.4, -0.2) is 33.3 Å². The van der Waals surface area contributed by atoms with E-state index in [2.05, 4.69) is 17.2 Å². The minimum absolute atomic E-state index is 0.0387. The van der Waals surface area contributed by atoms with Crippen molar-refractivity contribution in [2.45, 2.75) is 32.2 Å². The van der Waals surface area contributed by atoms with Crippen molar-refractivity contribution >= 4 is 27.4 Å². The molecule has 0 fully saturated rings. The van der Waals surface area contributed by atoms with Crippen molar-refractivity contribution < 1.29 is 13.2 Å². The first-order valence-electron chi connectivity index (χ1n) is 7.64. The normalized spacial score (nSPS) is 15.0. The van der Waals surface area contributed by atoms with E-state index in [1.807, 2.05) is 6.92 Å². The van der Waals surface area contributed by atoms with Crippen molar-refractivity contribution in [3.8, 4) is 0 Å². The van der Waals surface area contributed by atoms with Crippen molar-refractivity contribution in [3.05, 3.63) is 36.4 Å². The third-order valence-corrected chi connectivity index (χ3v) is 5.09. The largest absolute Gasteiger partial charge is 0.335 e. The number of carbonyl (C=O) groups is 1. The average Bonchev–Trinajstić information content (AvgIpc) is 2.91. The van der Waals surface area contributed by atoms with Crippen molar-refractivity contribution in [2.75, 3.05) is 22.4 Å². The Bertz CT molecular complexity index is 701. The predicted molar refractivity (Wildman–Crippen MR) is 93.4 cm³/mol. The molecule has 0 radical (unpaired) electrons. The molecule has 2 rings (SSSR count). The van der Waals surface area contributed by atoms with E-state index in [9.17, 15) is 13.2 Å². The first-order chi connectivity index (χ1) is 10.9. The van der Waals surface area contributed by atoms with E-state index in [1.54, 1.807) is 24.3 Å². The van der Waals surface area contributed by atoms with Crippen LogP contribution in [0.4, 0.5) is 16.2 Å². The van der Waals surface area contributed by atoms with Crippen LogP contribution in [-0.2, 0) is 16.4 Å². The zero-order valence-corrected chi connectivity index (χ0v) is 14.3. The van der Waals surface area contributed by atoms with Gasteiger partial charge in [0.2, 0.25) is 10.0 Å². The molecule has 1 aromatic rings. The van der Waals surface area contributed by atoms with Gasteiger partial charge in [0.15, 0.2) is 0 Å². The molecule has 1 aliphatic rings. The molecule has 1 heterocycles. The number of sulfonamides is 1. The summed E-state index contributed by atoms with van der Waals surface area (Å²) < 4.78 is 25.0. The smallest absolute Gasteiger partial charge is 0.319 e. The van der Waals surface area contributed by atoms with Gasteiger partial charge in [-0.1, -0.05) is 19.1 Å². The molecule has 126 valence electrons. The van der Waals surface area contributed by atoms with Crippen LogP contribution in [0.2, 0.25) is 0 Å². The summed E-state index contributed by atoms with van der Waals surface area (Å²) >= 11 is 0. The lowest BCUT2D eigenvalue weighted by Crippen LogP contribution is -2.37. The molecule has 2 amide bonds. The van der Waals surface area contributed by atoms with E-state index in [0.29, 0.717) is 30.8 Å². The van der Waals surface area contributed by atoms with Gasteiger partial charge in [0, 0.05) is 23.8 Å². The zero-order chi connectivity index (χ0) is 17.0. The van der Waals surface area contributed by atoms with Crippen LogP contribution in [0.15, 0.2) is 30.9 Å². The topological polar surface area (TPSA) is 78.5 Å². The van der Waals surface area contributed by atoms with E-state index < -0.39 is 10.0 Å². The number of benzene rings is 1. The molecular weight excluding hydrogens is 314 g/mol. The number of anilines is 2. The number of amides is 2. The Labute approximate surface area is 137 Å². The standard InChI is InChI=1S/C16H23N3O3S/c1-4-7-12(5-2)17-16(20)18-14-8-6-9-15-13(14)10-11-19(15)23(3,21)22/h4,6,8-9,12H,1,5,7,10-11H2,2-3H3,(H2,17,18,20)/t12-/m0/s1. The van der Waals surface area contributed by atoms with Gasteiger partial charge >= 0.3 is 6.03 Å². The van der Waals surface area contributed by atoms with Gasteiger partial charge < -0.3 is 10.6 Å². The number of nitrogens with zero attached hydrogens (tertiary/aromatic N) is 1. The van der Waals surface area contributed by atoms with Crippen molar-refractivity contribution in [1.82, 2.24) is 5.32 Å². The van der Waals surface area contributed by atoms with Gasteiger partial charge in [0.1, 0.15) is 0 Å². The highest BCUT2D eigenvalue weighted by Crippen LogP contribution is 2.35. The van der Waals surface area contributed by atoms with E-state index in [1.165, 1.54) is 10.6 Å². The van der Waals surface area contributed by atoms with Crippen LogP contribution in [0.5, 0.6) is 0 Å². The van der Waals surface area contributed by atoms with Crippen molar-refractivity contribution in [1.29, 1.82) is 0 Å². The Kier molecular flexibility index (Phi) is 5.30. The highest BCUT2D eigenvalue weighted by atomic mass is 32.2. The summed E-state index contributed by atoms with van der Waals surface area (Å²) in [5.41, 5.74) is 2.15. The van der Waals surface area contributed by atoms with E-state index in [-0.39, 0.29) is 12.1 Å². The summed E-state index contributed by atoms with van der Waals surface area (Å²) in [7, 11) is -3.30. The molecule has 0 bridgehead atoms. The number of urea groups is 1. The Hall–Kier alpha value is -2.02. The maximum atomic E-state index is 12.1. The van der Waals surface area contributed by atoms with Crippen LogP contribution in [0, 0.1) is 0 Å². The summed E-state index contributed by atoms with van der Waals surface area (Å²) in [6.07, 6.45) is 5.07. The molecule has 0 aromatic heterocycles. The van der Waals surface area contributed by atoms with Crippen LogP contribution < -0.4 is 14.9 Å². The molecule has 6 nitrogen and oxygen atoms in total. The van der Waals surface area contributed by atoms with Crippen LogP contribution in [0.1, 0.15) is 25.3 Å². The van der Waals surface area contributed by atoms with Gasteiger partial charge in [-0.3, -0.25) is 4.31 Å². The fraction of sp³-hybridized carbons (Fsp3) is 0.438. The van der Waals surface area contributed by atoms with Crippen molar-refractivity contribution in [2.24, 2.45) is 0 Å². The summed E-state index contributed by atoms with van der Waals surface area (Å²) in [5.74, 6) is 0. The predicted octanol–water partition coefficient (Wildman–Crippen LogP) is 2.48. The fourth-order valence-corrected chi connectivity index (χ4v) is 3.69. The number of hydrogen-bond acceptors (Lipinski definition) is 3. The van der Waals surface area contributed by atoms with Crippen LogP contribution >= 0.6 is 0 Å². The van der Waals surface area contributed by atoms with Gasteiger partial charge in [-0.05, 0) is 31.4 Å². The molecule has 0 spiro atoms. The molecule has 0 aliphatic carbocycles. The Balaban J connectivity index is 2.15. The third kappa shape index (κ3) is 4.04. The first kappa shape index (κ1) is 17.3. The number of hydrogen-bond donors (Lipinski definition) is 2. The quantitative estimate of drug-likeness (QED) is 0.783. The Morgan fingerprint density at radius 3 is 2.83 bits per heavy atom. The van der Waals surface area contributed by atoms with Gasteiger partial charge in [0.05, 0.1) is 11.9 Å². The first-order valence-corrected chi connectivity index (χ1v) is 9.49. The maximum Gasteiger partial charge on any atom is 0.319 e. The van der Waals surface area contributed by atoms with E-state index >= 15 is 0 Å².